The lowest BCUT2D eigenvalue weighted by Gasteiger charge is -2.09. The number of aromatic nitrogens is 1. The number of rotatable bonds is 0. The van der Waals surface area contributed by atoms with Crippen LogP contribution >= 0.6 is 0 Å². The van der Waals surface area contributed by atoms with Gasteiger partial charge < -0.3 is 0 Å². The average molecular weight is 243 g/mol. The molecule has 1 heterocycles. The SMILES string of the molecule is Cc1cnc2c3ccccc3c3ccccc3c2c1. The van der Waals surface area contributed by atoms with Crippen molar-refractivity contribution in [2.75, 3.05) is 0 Å². The van der Waals surface area contributed by atoms with Crippen molar-refractivity contribution in [1.29, 1.82) is 0 Å². The van der Waals surface area contributed by atoms with E-state index in [1.54, 1.807) is 0 Å². The highest BCUT2D eigenvalue weighted by molar-refractivity contribution is 6.24. The van der Waals surface area contributed by atoms with Crippen molar-refractivity contribution in [3.05, 3.63) is 66.4 Å². The number of aryl methyl sites for hydroxylation is 1. The van der Waals surface area contributed by atoms with Crippen molar-refractivity contribution >= 4 is 32.4 Å². The van der Waals surface area contributed by atoms with Gasteiger partial charge in [0.2, 0.25) is 0 Å². The van der Waals surface area contributed by atoms with Gasteiger partial charge in [0.25, 0.3) is 0 Å². The van der Waals surface area contributed by atoms with Crippen LogP contribution in [0.4, 0.5) is 0 Å². The molecule has 4 rings (SSSR count). The number of pyridine rings is 1. The summed E-state index contributed by atoms with van der Waals surface area (Å²) in [5.41, 5.74) is 2.30. The van der Waals surface area contributed by atoms with E-state index in [1.165, 1.54) is 32.5 Å². The number of fused-ring (bicyclic) bond motifs is 6. The largest absolute Gasteiger partial charge is 0.255 e. The van der Waals surface area contributed by atoms with E-state index in [9.17, 15) is 0 Å². The molecule has 0 aliphatic heterocycles. The van der Waals surface area contributed by atoms with Gasteiger partial charge in [-0.3, -0.25) is 4.98 Å². The number of nitrogens with zero attached hydrogens (tertiary/aromatic N) is 1. The van der Waals surface area contributed by atoms with Crippen LogP contribution in [-0.4, -0.2) is 4.98 Å². The Kier molecular flexibility index (Phi) is 2.10. The summed E-state index contributed by atoms with van der Waals surface area (Å²) in [6.07, 6.45) is 1.95. The maximum atomic E-state index is 4.66. The molecule has 0 bridgehead atoms. The van der Waals surface area contributed by atoms with Gasteiger partial charge in [0.05, 0.1) is 5.52 Å². The van der Waals surface area contributed by atoms with Crippen molar-refractivity contribution in [1.82, 2.24) is 4.98 Å². The van der Waals surface area contributed by atoms with Crippen molar-refractivity contribution in [2.24, 2.45) is 0 Å². The molecule has 0 fully saturated rings. The molecule has 0 aliphatic carbocycles. The second-order valence-electron chi connectivity index (χ2n) is 5.00. The normalized spacial score (nSPS) is 11.4. The Morgan fingerprint density at radius 3 is 1.89 bits per heavy atom. The molecular formula is C18H13N. The first-order valence-electron chi connectivity index (χ1n) is 6.50. The molecule has 0 spiro atoms. The van der Waals surface area contributed by atoms with Gasteiger partial charge in [-0.2, -0.15) is 0 Å². The Morgan fingerprint density at radius 1 is 0.684 bits per heavy atom. The van der Waals surface area contributed by atoms with E-state index >= 15 is 0 Å². The van der Waals surface area contributed by atoms with Crippen LogP contribution in [0.5, 0.6) is 0 Å². The van der Waals surface area contributed by atoms with Crippen molar-refractivity contribution in [2.45, 2.75) is 6.92 Å². The van der Waals surface area contributed by atoms with Gasteiger partial charge in [0.1, 0.15) is 0 Å². The quantitative estimate of drug-likeness (QED) is 0.402. The zero-order chi connectivity index (χ0) is 12.8. The summed E-state index contributed by atoms with van der Waals surface area (Å²) in [5, 5.41) is 6.35. The van der Waals surface area contributed by atoms with Crippen molar-refractivity contribution in [3.8, 4) is 0 Å². The van der Waals surface area contributed by atoms with Gasteiger partial charge in [0.15, 0.2) is 0 Å². The first-order valence-corrected chi connectivity index (χ1v) is 6.50. The summed E-state index contributed by atoms with van der Waals surface area (Å²) in [7, 11) is 0. The van der Waals surface area contributed by atoms with E-state index < -0.39 is 0 Å². The highest BCUT2D eigenvalue weighted by atomic mass is 14.7. The summed E-state index contributed by atoms with van der Waals surface area (Å²) >= 11 is 0. The lowest BCUT2D eigenvalue weighted by Crippen LogP contribution is -1.86. The molecule has 0 atom stereocenters. The molecule has 1 aromatic heterocycles. The summed E-state index contributed by atoms with van der Waals surface area (Å²) in [6.45, 7) is 2.09. The fourth-order valence-corrected chi connectivity index (χ4v) is 2.87. The fourth-order valence-electron chi connectivity index (χ4n) is 2.87. The Hall–Kier alpha value is -2.41. The number of hydrogen-bond acceptors (Lipinski definition) is 1. The summed E-state index contributed by atoms with van der Waals surface area (Å²) in [6, 6.07) is 19.3. The number of benzene rings is 3. The lowest BCUT2D eigenvalue weighted by molar-refractivity contribution is 1.35. The van der Waals surface area contributed by atoms with Gasteiger partial charge in [-0.1, -0.05) is 48.5 Å². The molecule has 0 unspecified atom stereocenters. The Bertz CT molecular complexity index is 887. The van der Waals surface area contributed by atoms with Gasteiger partial charge in [-0.05, 0) is 34.7 Å². The first kappa shape index (κ1) is 10.5. The van der Waals surface area contributed by atoms with Gasteiger partial charge in [-0.25, -0.2) is 0 Å². The van der Waals surface area contributed by atoms with Gasteiger partial charge in [0, 0.05) is 17.0 Å². The van der Waals surface area contributed by atoms with Gasteiger partial charge >= 0.3 is 0 Å². The molecule has 0 saturated heterocycles. The maximum Gasteiger partial charge on any atom is 0.0786 e. The standard InChI is InChI=1S/C18H13N/c1-12-10-17-15-8-3-2-6-13(15)14-7-4-5-9-16(14)18(17)19-11-12/h2-11H,1H3. The highest BCUT2D eigenvalue weighted by Gasteiger charge is 2.08. The summed E-state index contributed by atoms with van der Waals surface area (Å²) in [5.74, 6) is 0. The summed E-state index contributed by atoms with van der Waals surface area (Å²) < 4.78 is 0. The van der Waals surface area contributed by atoms with Crippen LogP contribution in [0.3, 0.4) is 0 Å². The van der Waals surface area contributed by atoms with Crippen LogP contribution in [0.15, 0.2) is 60.8 Å². The molecule has 4 aromatic rings. The molecule has 0 radical (unpaired) electrons. The highest BCUT2D eigenvalue weighted by Crippen LogP contribution is 2.33. The molecule has 0 amide bonds. The Labute approximate surface area is 111 Å². The van der Waals surface area contributed by atoms with Crippen LogP contribution in [-0.2, 0) is 0 Å². The van der Waals surface area contributed by atoms with E-state index in [0.717, 1.165) is 5.52 Å². The minimum atomic E-state index is 1.10. The third-order valence-corrected chi connectivity index (χ3v) is 3.71. The van der Waals surface area contributed by atoms with Gasteiger partial charge in [-0.15, -0.1) is 0 Å². The molecule has 90 valence electrons. The van der Waals surface area contributed by atoms with Crippen molar-refractivity contribution in [3.63, 3.8) is 0 Å². The second-order valence-corrected chi connectivity index (χ2v) is 5.00. The van der Waals surface area contributed by atoms with Crippen LogP contribution < -0.4 is 0 Å². The predicted octanol–water partition coefficient (Wildman–Crippen LogP) is 4.85. The Balaban J connectivity index is 2.43. The molecular weight excluding hydrogens is 230 g/mol. The molecule has 0 N–H and O–H groups in total. The van der Waals surface area contributed by atoms with Crippen LogP contribution in [0.25, 0.3) is 32.4 Å². The van der Waals surface area contributed by atoms with E-state index in [0.29, 0.717) is 0 Å². The van der Waals surface area contributed by atoms with E-state index in [2.05, 4.69) is 66.5 Å². The zero-order valence-electron chi connectivity index (χ0n) is 10.7. The summed E-state index contributed by atoms with van der Waals surface area (Å²) in [4.78, 5) is 4.66. The molecule has 19 heavy (non-hydrogen) atoms. The monoisotopic (exact) mass is 243 g/mol. The molecule has 0 saturated carbocycles. The fraction of sp³-hybridized carbons (Fsp3) is 0.0556. The topological polar surface area (TPSA) is 12.9 Å². The van der Waals surface area contributed by atoms with Crippen LogP contribution in [0, 0.1) is 6.92 Å². The van der Waals surface area contributed by atoms with E-state index in [-0.39, 0.29) is 0 Å². The van der Waals surface area contributed by atoms with Crippen LogP contribution in [0.2, 0.25) is 0 Å². The Morgan fingerprint density at radius 2 is 1.21 bits per heavy atom. The maximum absolute atomic E-state index is 4.66. The second kappa shape index (κ2) is 3.79. The zero-order valence-corrected chi connectivity index (χ0v) is 10.7. The van der Waals surface area contributed by atoms with E-state index in [4.69, 9.17) is 0 Å². The molecule has 0 aliphatic rings. The number of hydrogen-bond donors (Lipinski definition) is 0. The van der Waals surface area contributed by atoms with E-state index in [1.807, 2.05) is 6.20 Å². The first-order chi connectivity index (χ1) is 9.34. The molecule has 1 nitrogen and oxygen atoms in total. The minimum Gasteiger partial charge on any atom is -0.255 e. The van der Waals surface area contributed by atoms with Crippen LogP contribution in [0.1, 0.15) is 5.56 Å². The molecule has 3 aromatic carbocycles. The lowest BCUT2D eigenvalue weighted by atomic mass is 9.97. The minimum absolute atomic E-state index is 1.10. The smallest absolute Gasteiger partial charge is 0.0786 e. The average Bonchev–Trinajstić information content (AvgIpc) is 2.47. The third-order valence-electron chi connectivity index (χ3n) is 3.71. The third kappa shape index (κ3) is 1.45. The predicted molar refractivity (Wildman–Crippen MR) is 81.5 cm³/mol. The van der Waals surface area contributed by atoms with Crippen molar-refractivity contribution < 1.29 is 0 Å². The molecule has 1 heteroatoms.